The lowest BCUT2D eigenvalue weighted by Gasteiger charge is -2.07. The minimum Gasteiger partial charge on any atom is -0.305 e. The molecule has 1 aromatic rings. The van der Waals surface area contributed by atoms with Gasteiger partial charge in [-0.1, -0.05) is 43.5 Å². The summed E-state index contributed by atoms with van der Waals surface area (Å²) < 4.78 is 2.14. The van der Waals surface area contributed by atoms with Crippen molar-refractivity contribution in [3.05, 3.63) is 66.8 Å². The molecule has 18 heavy (non-hydrogen) atoms. The molecule has 0 bridgehead atoms. The van der Waals surface area contributed by atoms with Crippen LogP contribution in [0.1, 0.15) is 24.1 Å². The third kappa shape index (κ3) is 3.20. The van der Waals surface area contributed by atoms with Crippen LogP contribution in [0.25, 0.3) is 11.8 Å². The van der Waals surface area contributed by atoms with Gasteiger partial charge in [-0.25, -0.2) is 4.98 Å². The Balaban J connectivity index is 3.17. The first-order valence-electron chi connectivity index (χ1n) is 5.93. The van der Waals surface area contributed by atoms with Crippen molar-refractivity contribution in [2.45, 2.75) is 20.8 Å². The molecular weight excluding hydrogens is 220 g/mol. The van der Waals surface area contributed by atoms with E-state index >= 15 is 0 Å². The maximum absolute atomic E-state index is 4.54. The molecular formula is C16H20N2. The Morgan fingerprint density at radius 3 is 2.39 bits per heavy atom. The van der Waals surface area contributed by atoms with E-state index in [0.29, 0.717) is 0 Å². The number of imidazole rings is 1. The van der Waals surface area contributed by atoms with Gasteiger partial charge in [-0.15, -0.1) is 0 Å². The van der Waals surface area contributed by atoms with Gasteiger partial charge in [0.25, 0.3) is 0 Å². The van der Waals surface area contributed by atoms with E-state index in [1.54, 1.807) is 12.2 Å². The number of hydrogen-bond donors (Lipinski definition) is 0. The van der Waals surface area contributed by atoms with Gasteiger partial charge in [-0.3, -0.25) is 0 Å². The quantitative estimate of drug-likeness (QED) is 0.701. The fraction of sp³-hybridized carbons (Fsp3) is 0.188. The van der Waals surface area contributed by atoms with Gasteiger partial charge in [-0.2, -0.15) is 0 Å². The molecule has 0 unspecified atom stereocenters. The van der Waals surface area contributed by atoms with E-state index in [0.717, 1.165) is 22.9 Å². The van der Waals surface area contributed by atoms with Gasteiger partial charge >= 0.3 is 0 Å². The number of aryl methyl sites for hydroxylation is 1. The monoisotopic (exact) mass is 240 g/mol. The summed E-state index contributed by atoms with van der Waals surface area (Å²) in [7, 11) is 0. The summed E-state index contributed by atoms with van der Waals surface area (Å²) >= 11 is 0. The first-order valence-corrected chi connectivity index (χ1v) is 5.93. The molecule has 0 amide bonds. The predicted octanol–water partition coefficient (Wildman–Crippen LogP) is 4.30. The highest BCUT2D eigenvalue weighted by Crippen LogP contribution is 2.17. The van der Waals surface area contributed by atoms with Crippen LogP contribution in [0.4, 0.5) is 0 Å². The molecule has 2 nitrogen and oxygen atoms in total. The van der Waals surface area contributed by atoms with Crippen LogP contribution in [0.2, 0.25) is 0 Å². The molecule has 0 fully saturated rings. The highest BCUT2D eigenvalue weighted by molar-refractivity contribution is 5.56. The van der Waals surface area contributed by atoms with Gasteiger partial charge < -0.3 is 4.57 Å². The van der Waals surface area contributed by atoms with Crippen LogP contribution >= 0.6 is 0 Å². The smallest absolute Gasteiger partial charge is 0.110 e. The summed E-state index contributed by atoms with van der Waals surface area (Å²) in [6.45, 7) is 13.5. The molecule has 94 valence electrons. The van der Waals surface area contributed by atoms with Crippen molar-refractivity contribution < 1.29 is 0 Å². The largest absolute Gasteiger partial charge is 0.305 e. The Kier molecular flexibility index (Phi) is 5.12. The van der Waals surface area contributed by atoms with Crippen molar-refractivity contribution in [1.82, 2.24) is 9.55 Å². The molecule has 1 rings (SSSR count). The molecule has 0 aliphatic rings. The van der Waals surface area contributed by atoms with Gasteiger partial charge in [0.1, 0.15) is 5.82 Å². The highest BCUT2D eigenvalue weighted by Gasteiger charge is 2.08. The van der Waals surface area contributed by atoms with E-state index in [1.165, 1.54) is 0 Å². The summed E-state index contributed by atoms with van der Waals surface area (Å²) in [5, 5.41) is 0. The average molecular weight is 240 g/mol. The van der Waals surface area contributed by atoms with Gasteiger partial charge in [0.05, 0.1) is 5.69 Å². The second-order valence-corrected chi connectivity index (χ2v) is 3.99. The van der Waals surface area contributed by atoms with Crippen molar-refractivity contribution in [3.8, 4) is 0 Å². The second-order valence-electron chi connectivity index (χ2n) is 3.99. The molecule has 2 heteroatoms. The van der Waals surface area contributed by atoms with E-state index in [1.807, 2.05) is 37.3 Å². The summed E-state index contributed by atoms with van der Waals surface area (Å²) in [4.78, 5) is 4.54. The number of rotatable bonds is 5. The number of hydrogen-bond acceptors (Lipinski definition) is 1. The maximum atomic E-state index is 4.54. The lowest BCUT2D eigenvalue weighted by atomic mass is 10.3. The summed E-state index contributed by atoms with van der Waals surface area (Å²) in [5.74, 6) is 0.983. The van der Waals surface area contributed by atoms with Crippen molar-refractivity contribution >= 4 is 11.8 Å². The van der Waals surface area contributed by atoms with Crippen LogP contribution in [0.15, 0.2) is 49.6 Å². The van der Waals surface area contributed by atoms with E-state index in [9.17, 15) is 0 Å². The van der Waals surface area contributed by atoms with Crippen LogP contribution in [0, 0.1) is 13.8 Å². The predicted molar refractivity (Wildman–Crippen MR) is 80.2 cm³/mol. The number of nitrogens with zero attached hydrogens (tertiary/aromatic N) is 2. The molecule has 1 heterocycles. The third-order valence-corrected chi connectivity index (χ3v) is 2.64. The highest BCUT2D eigenvalue weighted by atomic mass is 15.1. The van der Waals surface area contributed by atoms with Crippen molar-refractivity contribution in [1.29, 1.82) is 0 Å². The summed E-state index contributed by atoms with van der Waals surface area (Å²) in [6.07, 6.45) is 13.3. The van der Waals surface area contributed by atoms with E-state index in [4.69, 9.17) is 0 Å². The Morgan fingerprint density at radius 1 is 1.11 bits per heavy atom. The molecule has 0 aliphatic heterocycles. The zero-order chi connectivity index (χ0) is 13.5. The summed E-state index contributed by atoms with van der Waals surface area (Å²) in [6, 6.07) is 0. The normalized spacial score (nSPS) is 12.5. The Labute approximate surface area is 109 Å². The molecule has 0 N–H and O–H groups in total. The van der Waals surface area contributed by atoms with Crippen molar-refractivity contribution in [2.75, 3.05) is 0 Å². The van der Waals surface area contributed by atoms with Crippen LogP contribution < -0.4 is 0 Å². The molecule has 0 spiro atoms. The molecule has 0 radical (unpaired) electrons. The van der Waals surface area contributed by atoms with E-state index in [-0.39, 0.29) is 0 Å². The fourth-order valence-electron chi connectivity index (χ4n) is 1.85. The standard InChI is InChI=1S/C16H20N2/c1-6-8-10-11-13(3)18-14(4)16(12-9-7-2)17-15(18)5/h6-12H,1-2H2,3-5H3/b10-8-,12-9-,13-11+. The zero-order valence-corrected chi connectivity index (χ0v) is 11.4. The lowest BCUT2D eigenvalue weighted by Crippen LogP contribution is -1.98. The average Bonchev–Trinajstić information content (AvgIpc) is 2.62. The number of allylic oxidation sites excluding steroid dienone is 7. The van der Waals surface area contributed by atoms with Crippen molar-refractivity contribution in [2.24, 2.45) is 0 Å². The van der Waals surface area contributed by atoms with Gasteiger partial charge in [0.15, 0.2) is 0 Å². The van der Waals surface area contributed by atoms with Crippen LogP contribution in [0.3, 0.4) is 0 Å². The molecule has 0 saturated carbocycles. The van der Waals surface area contributed by atoms with E-state index in [2.05, 4.69) is 36.6 Å². The molecule has 0 aliphatic carbocycles. The Hall–Kier alpha value is -2.09. The van der Waals surface area contributed by atoms with Crippen LogP contribution in [0.5, 0.6) is 0 Å². The third-order valence-electron chi connectivity index (χ3n) is 2.64. The maximum Gasteiger partial charge on any atom is 0.110 e. The number of aromatic nitrogens is 2. The first kappa shape index (κ1) is 14.0. The van der Waals surface area contributed by atoms with Crippen LogP contribution in [-0.2, 0) is 0 Å². The van der Waals surface area contributed by atoms with E-state index < -0.39 is 0 Å². The molecule has 0 atom stereocenters. The molecule has 0 saturated heterocycles. The minimum atomic E-state index is 0.979. The van der Waals surface area contributed by atoms with Gasteiger partial charge in [0, 0.05) is 11.4 Å². The van der Waals surface area contributed by atoms with Gasteiger partial charge in [0.2, 0.25) is 0 Å². The first-order chi connectivity index (χ1) is 8.61. The lowest BCUT2D eigenvalue weighted by molar-refractivity contribution is 0.955. The Morgan fingerprint density at radius 2 is 1.78 bits per heavy atom. The zero-order valence-electron chi connectivity index (χ0n) is 11.4. The topological polar surface area (TPSA) is 17.8 Å². The van der Waals surface area contributed by atoms with Gasteiger partial charge in [-0.05, 0) is 32.9 Å². The molecule has 1 aromatic heterocycles. The molecule has 0 aromatic carbocycles. The SMILES string of the molecule is C=C/C=C\C=C(/C)n1c(C)nc(/C=C\C=C)c1C. The fourth-order valence-corrected chi connectivity index (χ4v) is 1.85. The Bertz CT molecular complexity index is 526. The van der Waals surface area contributed by atoms with Crippen molar-refractivity contribution in [3.63, 3.8) is 0 Å². The van der Waals surface area contributed by atoms with Crippen LogP contribution in [-0.4, -0.2) is 9.55 Å². The second kappa shape index (κ2) is 6.60. The minimum absolute atomic E-state index is 0.979. The summed E-state index contributed by atoms with van der Waals surface area (Å²) in [5.41, 5.74) is 3.24.